The Kier molecular flexibility index (Phi) is 3.76. The smallest absolute Gasteiger partial charge is 0.208 e. The van der Waals surface area contributed by atoms with Crippen LogP contribution in [0.3, 0.4) is 0 Å². The Bertz CT molecular complexity index is 630. The summed E-state index contributed by atoms with van der Waals surface area (Å²) in [7, 11) is 0. The van der Waals surface area contributed by atoms with Gasteiger partial charge >= 0.3 is 0 Å². The zero-order valence-electron chi connectivity index (χ0n) is 12.1. The van der Waals surface area contributed by atoms with Crippen LogP contribution in [0.5, 0.6) is 0 Å². The Hall–Kier alpha value is -1.75. The van der Waals surface area contributed by atoms with Gasteiger partial charge < -0.3 is 9.73 Å². The van der Waals surface area contributed by atoms with Gasteiger partial charge in [0.2, 0.25) is 5.89 Å². The first-order valence-electron chi connectivity index (χ1n) is 7.16. The molecule has 1 unspecified atom stereocenters. The van der Waals surface area contributed by atoms with E-state index in [1.54, 1.807) is 0 Å². The van der Waals surface area contributed by atoms with Crippen LogP contribution < -0.4 is 5.32 Å². The van der Waals surface area contributed by atoms with Gasteiger partial charge in [-0.3, -0.25) is 0 Å². The lowest BCUT2D eigenvalue weighted by atomic mass is 10.0. The van der Waals surface area contributed by atoms with Crippen molar-refractivity contribution < 1.29 is 13.2 Å². The molecule has 1 atom stereocenters. The highest BCUT2D eigenvalue weighted by Gasteiger charge is 2.34. The van der Waals surface area contributed by atoms with Crippen LogP contribution in [0, 0.1) is 31.4 Å². The van der Waals surface area contributed by atoms with E-state index in [1.165, 1.54) is 12.1 Å². The number of hydrogen-bond acceptors (Lipinski definition) is 3. The third-order valence-electron chi connectivity index (χ3n) is 3.93. The highest BCUT2D eigenvalue weighted by Crippen LogP contribution is 2.42. The minimum atomic E-state index is -0.415. The van der Waals surface area contributed by atoms with Gasteiger partial charge in [0.15, 0.2) is 0 Å². The summed E-state index contributed by atoms with van der Waals surface area (Å²) in [6, 6.07) is 3.40. The minimum absolute atomic E-state index is 0.201. The summed E-state index contributed by atoms with van der Waals surface area (Å²) >= 11 is 0. The second-order valence-corrected chi connectivity index (χ2v) is 5.61. The highest BCUT2D eigenvalue weighted by atomic mass is 19.1. The number of benzene rings is 1. The van der Waals surface area contributed by atoms with Crippen molar-refractivity contribution in [3.8, 4) is 0 Å². The molecule has 1 N–H and O–H groups in total. The van der Waals surface area contributed by atoms with Gasteiger partial charge in [-0.15, -0.1) is 0 Å². The molecule has 0 spiro atoms. The van der Waals surface area contributed by atoms with Crippen LogP contribution in [-0.4, -0.2) is 4.98 Å². The van der Waals surface area contributed by atoms with Crippen molar-refractivity contribution in [2.45, 2.75) is 39.3 Å². The molecule has 1 heterocycles. The van der Waals surface area contributed by atoms with Gasteiger partial charge in [0, 0.05) is 11.6 Å². The summed E-state index contributed by atoms with van der Waals surface area (Å²) in [6.45, 7) is 4.15. The van der Waals surface area contributed by atoms with E-state index < -0.39 is 5.82 Å². The molecule has 3 rings (SSSR count). The van der Waals surface area contributed by atoms with Gasteiger partial charge in [-0.05, 0) is 50.8 Å². The second kappa shape index (κ2) is 5.56. The van der Waals surface area contributed by atoms with E-state index in [-0.39, 0.29) is 11.9 Å². The van der Waals surface area contributed by atoms with Crippen LogP contribution in [0.25, 0.3) is 0 Å². The summed E-state index contributed by atoms with van der Waals surface area (Å²) < 4.78 is 32.9. The zero-order valence-corrected chi connectivity index (χ0v) is 12.1. The fraction of sp³-hybridized carbons (Fsp3) is 0.438. The number of rotatable bonds is 5. The van der Waals surface area contributed by atoms with Crippen molar-refractivity contribution in [2.24, 2.45) is 5.92 Å². The third-order valence-corrected chi connectivity index (χ3v) is 3.93. The molecule has 1 fully saturated rings. The van der Waals surface area contributed by atoms with Crippen LogP contribution in [0.1, 0.15) is 41.8 Å². The molecule has 112 valence electrons. The number of nitrogens with one attached hydrogen (secondary N) is 1. The summed E-state index contributed by atoms with van der Waals surface area (Å²) in [6.07, 6.45) is 2.05. The first kappa shape index (κ1) is 14.2. The molecule has 0 radical (unpaired) electrons. The minimum Gasteiger partial charge on any atom is -0.444 e. The summed E-state index contributed by atoms with van der Waals surface area (Å²) in [5.41, 5.74) is 1.24. The van der Waals surface area contributed by atoms with E-state index in [2.05, 4.69) is 10.3 Å². The lowest BCUT2D eigenvalue weighted by molar-refractivity contribution is 0.397. The average molecular weight is 292 g/mol. The van der Waals surface area contributed by atoms with Crippen LogP contribution in [-0.2, 0) is 6.54 Å². The highest BCUT2D eigenvalue weighted by molar-refractivity contribution is 5.24. The van der Waals surface area contributed by atoms with Crippen LogP contribution in [0.15, 0.2) is 22.6 Å². The number of oxazole rings is 1. The maximum atomic E-state index is 14.0. The predicted octanol–water partition coefficient (Wildman–Crippen LogP) is 3.81. The van der Waals surface area contributed by atoms with E-state index in [9.17, 15) is 8.78 Å². The molecule has 0 amide bonds. The maximum absolute atomic E-state index is 14.0. The van der Waals surface area contributed by atoms with Gasteiger partial charge in [0.1, 0.15) is 17.4 Å². The van der Waals surface area contributed by atoms with Crippen LogP contribution in [0.4, 0.5) is 8.78 Å². The molecule has 0 bridgehead atoms. The Morgan fingerprint density at radius 1 is 1.33 bits per heavy atom. The molecule has 1 aliphatic carbocycles. The molecule has 21 heavy (non-hydrogen) atoms. The lowest BCUT2D eigenvalue weighted by Gasteiger charge is -2.18. The van der Waals surface area contributed by atoms with Gasteiger partial charge in [-0.1, -0.05) is 0 Å². The maximum Gasteiger partial charge on any atom is 0.208 e. The molecule has 1 aromatic carbocycles. The van der Waals surface area contributed by atoms with Gasteiger partial charge in [0.25, 0.3) is 0 Å². The fourth-order valence-corrected chi connectivity index (χ4v) is 2.53. The Morgan fingerprint density at radius 2 is 2.10 bits per heavy atom. The first-order valence-corrected chi connectivity index (χ1v) is 7.16. The van der Waals surface area contributed by atoms with Crippen LogP contribution >= 0.6 is 0 Å². The van der Waals surface area contributed by atoms with E-state index in [1.807, 2.05) is 13.8 Å². The topological polar surface area (TPSA) is 38.1 Å². The normalized spacial score (nSPS) is 16.2. The van der Waals surface area contributed by atoms with Gasteiger partial charge in [0.05, 0.1) is 12.2 Å². The zero-order chi connectivity index (χ0) is 15.0. The molecule has 0 aliphatic heterocycles. The Morgan fingerprint density at radius 3 is 2.71 bits per heavy atom. The van der Waals surface area contributed by atoms with E-state index in [0.717, 1.165) is 30.4 Å². The lowest BCUT2D eigenvalue weighted by Crippen LogP contribution is -2.24. The Balaban J connectivity index is 1.77. The number of halogens is 2. The molecule has 3 nitrogen and oxygen atoms in total. The van der Waals surface area contributed by atoms with Crippen LogP contribution in [0.2, 0.25) is 0 Å². The van der Waals surface area contributed by atoms with Gasteiger partial charge in [-0.25, -0.2) is 13.8 Å². The third kappa shape index (κ3) is 3.13. The van der Waals surface area contributed by atoms with Crippen molar-refractivity contribution in [3.63, 3.8) is 0 Å². The molecular weight excluding hydrogens is 274 g/mol. The molecule has 5 heteroatoms. The SMILES string of the molecule is Cc1nc(CNC(c2cc(F)ccc2F)C2CC2)oc1C. The number of nitrogens with zero attached hydrogens (tertiary/aromatic N) is 1. The number of hydrogen-bond donors (Lipinski definition) is 1. The second-order valence-electron chi connectivity index (χ2n) is 5.61. The number of aryl methyl sites for hydroxylation is 2. The predicted molar refractivity (Wildman–Crippen MR) is 74.6 cm³/mol. The standard InChI is InChI=1S/C16H18F2N2O/c1-9-10(2)21-15(20-9)8-19-16(11-3-4-11)13-7-12(17)5-6-14(13)18/h5-7,11,16,19H,3-4,8H2,1-2H3. The fourth-order valence-electron chi connectivity index (χ4n) is 2.53. The molecule has 0 saturated heterocycles. The molecular formula is C16H18F2N2O. The summed E-state index contributed by atoms with van der Waals surface area (Å²) in [5, 5.41) is 3.26. The van der Waals surface area contributed by atoms with E-state index >= 15 is 0 Å². The quantitative estimate of drug-likeness (QED) is 0.910. The van der Waals surface area contributed by atoms with Crippen molar-refractivity contribution in [1.82, 2.24) is 10.3 Å². The van der Waals surface area contributed by atoms with E-state index in [4.69, 9.17) is 4.42 Å². The monoisotopic (exact) mass is 292 g/mol. The van der Waals surface area contributed by atoms with Crippen molar-refractivity contribution >= 4 is 0 Å². The average Bonchev–Trinajstić information content (AvgIpc) is 3.22. The molecule has 1 saturated carbocycles. The van der Waals surface area contributed by atoms with Crippen molar-refractivity contribution in [1.29, 1.82) is 0 Å². The molecule has 1 aliphatic rings. The first-order chi connectivity index (χ1) is 10.0. The molecule has 1 aromatic heterocycles. The number of aromatic nitrogens is 1. The summed E-state index contributed by atoms with van der Waals surface area (Å²) in [4.78, 5) is 4.30. The molecule has 2 aromatic rings. The Labute approximate surface area is 122 Å². The van der Waals surface area contributed by atoms with Crippen molar-refractivity contribution in [3.05, 3.63) is 52.7 Å². The van der Waals surface area contributed by atoms with E-state index in [0.29, 0.717) is 23.9 Å². The van der Waals surface area contributed by atoms with Crippen molar-refractivity contribution in [2.75, 3.05) is 0 Å². The summed E-state index contributed by atoms with van der Waals surface area (Å²) in [5.74, 6) is 0.917. The largest absolute Gasteiger partial charge is 0.444 e. The van der Waals surface area contributed by atoms with Gasteiger partial charge in [-0.2, -0.15) is 0 Å².